The predicted octanol–water partition coefficient (Wildman–Crippen LogP) is 11.6. The summed E-state index contributed by atoms with van der Waals surface area (Å²) < 4.78 is 0. The Balaban J connectivity index is 1.10. The number of aromatic nitrogens is 4. The van der Waals surface area contributed by atoms with Crippen LogP contribution in [0.3, 0.4) is 0 Å². The third kappa shape index (κ3) is 4.42. The van der Waals surface area contributed by atoms with Gasteiger partial charge in [0.15, 0.2) is 0 Å². The van der Waals surface area contributed by atoms with E-state index in [1.54, 1.807) is 0 Å². The molecule has 0 fully saturated rings. The summed E-state index contributed by atoms with van der Waals surface area (Å²) in [5.41, 5.74) is 14.6. The van der Waals surface area contributed by atoms with Gasteiger partial charge in [-0.2, -0.15) is 0 Å². The highest BCUT2D eigenvalue weighted by atomic mass is 14.8. The van der Waals surface area contributed by atoms with Crippen molar-refractivity contribution in [3.8, 4) is 33.6 Å². The summed E-state index contributed by atoms with van der Waals surface area (Å²) in [5, 5.41) is 4.34. The van der Waals surface area contributed by atoms with Gasteiger partial charge in [0, 0.05) is 45.1 Å². The molecular weight excluding hydrogens is 645 g/mol. The fourth-order valence-corrected chi connectivity index (χ4v) is 8.60. The van der Waals surface area contributed by atoms with Gasteiger partial charge in [0.2, 0.25) is 0 Å². The zero-order chi connectivity index (χ0) is 34.9. The lowest BCUT2D eigenvalue weighted by Crippen LogP contribution is -2.28. The van der Waals surface area contributed by atoms with Crippen LogP contribution >= 0.6 is 0 Å². The van der Waals surface area contributed by atoms with Gasteiger partial charge in [0.05, 0.1) is 38.9 Å². The van der Waals surface area contributed by atoms with Crippen molar-refractivity contribution >= 4 is 43.6 Å². The fraction of sp³-hybridized carbons (Fsp3) is 0.0204. The predicted molar refractivity (Wildman–Crippen MR) is 216 cm³/mol. The summed E-state index contributed by atoms with van der Waals surface area (Å²) in [4.78, 5) is 19.8. The van der Waals surface area contributed by atoms with Gasteiger partial charge in [0.1, 0.15) is 0 Å². The Bertz CT molecular complexity index is 3030. The summed E-state index contributed by atoms with van der Waals surface area (Å²) in [6.45, 7) is 0. The maximum atomic E-state index is 5.24. The van der Waals surface area contributed by atoms with E-state index in [4.69, 9.17) is 15.0 Å². The summed E-state index contributed by atoms with van der Waals surface area (Å²) in [6.07, 6.45) is 3.68. The largest absolute Gasteiger partial charge is 0.254 e. The minimum atomic E-state index is -0.552. The number of hydrogen-bond acceptors (Lipinski definition) is 4. The van der Waals surface area contributed by atoms with E-state index < -0.39 is 5.41 Å². The van der Waals surface area contributed by atoms with Gasteiger partial charge in [-0.15, -0.1) is 0 Å². The Morgan fingerprint density at radius 1 is 0.340 bits per heavy atom. The van der Waals surface area contributed by atoms with E-state index in [-0.39, 0.29) is 0 Å². The van der Waals surface area contributed by atoms with Gasteiger partial charge in [-0.1, -0.05) is 140 Å². The highest BCUT2D eigenvalue weighted by Crippen LogP contribution is 2.56. The molecular formula is C49H30N4. The number of benzene rings is 6. The van der Waals surface area contributed by atoms with Crippen molar-refractivity contribution in [1.29, 1.82) is 0 Å². The van der Waals surface area contributed by atoms with Crippen LogP contribution in [0.5, 0.6) is 0 Å². The third-order valence-corrected chi connectivity index (χ3v) is 11.0. The molecule has 0 aliphatic heterocycles. The molecule has 4 heteroatoms. The van der Waals surface area contributed by atoms with Gasteiger partial charge >= 0.3 is 0 Å². The zero-order valence-electron chi connectivity index (χ0n) is 28.6. The van der Waals surface area contributed by atoms with Gasteiger partial charge in [-0.25, -0.2) is 9.97 Å². The van der Waals surface area contributed by atoms with Crippen molar-refractivity contribution in [1.82, 2.24) is 19.9 Å². The van der Waals surface area contributed by atoms with E-state index in [1.807, 2.05) is 24.5 Å². The van der Waals surface area contributed by atoms with E-state index in [9.17, 15) is 0 Å². The van der Waals surface area contributed by atoms with E-state index in [0.29, 0.717) is 0 Å². The molecule has 10 aromatic rings. The molecule has 1 aliphatic carbocycles. The van der Waals surface area contributed by atoms with E-state index in [1.165, 1.54) is 33.4 Å². The van der Waals surface area contributed by atoms with Crippen LogP contribution in [0.15, 0.2) is 182 Å². The van der Waals surface area contributed by atoms with E-state index in [0.717, 1.165) is 66.1 Å². The van der Waals surface area contributed by atoms with Crippen molar-refractivity contribution in [2.75, 3.05) is 0 Å². The summed E-state index contributed by atoms with van der Waals surface area (Å²) in [7, 11) is 0. The summed E-state index contributed by atoms with van der Waals surface area (Å²) >= 11 is 0. The zero-order valence-corrected chi connectivity index (χ0v) is 28.6. The Labute approximate surface area is 306 Å². The van der Waals surface area contributed by atoms with E-state index >= 15 is 0 Å². The lowest BCUT2D eigenvalue weighted by atomic mass is 9.67. The van der Waals surface area contributed by atoms with Crippen LogP contribution in [0.25, 0.3) is 77.3 Å². The van der Waals surface area contributed by atoms with Crippen LogP contribution in [0.2, 0.25) is 0 Å². The molecule has 0 unspecified atom stereocenters. The monoisotopic (exact) mass is 674 g/mol. The van der Waals surface area contributed by atoms with Gasteiger partial charge in [-0.05, 0) is 63.7 Å². The van der Waals surface area contributed by atoms with Gasteiger partial charge in [-0.3, -0.25) is 9.97 Å². The lowest BCUT2D eigenvalue weighted by Gasteiger charge is -2.34. The normalized spacial score (nSPS) is 13.1. The minimum Gasteiger partial charge on any atom is -0.254 e. The second-order valence-corrected chi connectivity index (χ2v) is 13.8. The molecule has 0 bridgehead atoms. The molecule has 0 atom stereocenters. The molecule has 4 heterocycles. The molecule has 53 heavy (non-hydrogen) atoms. The van der Waals surface area contributed by atoms with Crippen LogP contribution in [-0.2, 0) is 5.41 Å². The number of fused-ring (bicyclic) bond motifs is 9. The summed E-state index contributed by atoms with van der Waals surface area (Å²) in [6, 6.07) is 60.9. The smallest absolute Gasteiger partial charge is 0.0972 e. The first-order valence-electron chi connectivity index (χ1n) is 18.0. The number of rotatable bonds is 4. The second kappa shape index (κ2) is 11.5. The molecule has 4 nitrogen and oxygen atoms in total. The second-order valence-electron chi connectivity index (χ2n) is 13.8. The number of pyridine rings is 4. The summed E-state index contributed by atoms with van der Waals surface area (Å²) in [5.74, 6) is 0. The van der Waals surface area contributed by atoms with Crippen molar-refractivity contribution in [2.24, 2.45) is 0 Å². The molecule has 4 aromatic heterocycles. The molecule has 6 aromatic carbocycles. The quantitative estimate of drug-likeness (QED) is 0.174. The van der Waals surface area contributed by atoms with Gasteiger partial charge in [0.25, 0.3) is 0 Å². The maximum Gasteiger partial charge on any atom is 0.0972 e. The first-order chi connectivity index (χ1) is 26.3. The van der Waals surface area contributed by atoms with Crippen LogP contribution in [0, 0.1) is 0 Å². The van der Waals surface area contributed by atoms with Crippen LogP contribution < -0.4 is 0 Å². The van der Waals surface area contributed by atoms with Crippen molar-refractivity contribution < 1.29 is 0 Å². The molecule has 0 spiro atoms. The Morgan fingerprint density at radius 3 is 1.43 bits per heavy atom. The third-order valence-electron chi connectivity index (χ3n) is 11.0. The first kappa shape index (κ1) is 29.7. The Kier molecular flexibility index (Phi) is 6.43. The molecule has 1 aliphatic rings. The molecule has 0 radical (unpaired) electrons. The van der Waals surface area contributed by atoms with Crippen molar-refractivity contribution in [3.63, 3.8) is 0 Å². The van der Waals surface area contributed by atoms with Crippen molar-refractivity contribution in [2.45, 2.75) is 5.41 Å². The number of nitrogens with zero attached hydrogens (tertiary/aromatic N) is 4. The maximum absolute atomic E-state index is 5.24. The average molecular weight is 675 g/mol. The fourth-order valence-electron chi connectivity index (χ4n) is 8.60. The molecule has 0 saturated heterocycles. The molecule has 0 saturated carbocycles. The van der Waals surface area contributed by atoms with E-state index in [2.05, 4.69) is 163 Å². The molecule has 246 valence electrons. The minimum absolute atomic E-state index is 0.552. The SMILES string of the molecule is c1cc(-c2ccc3ccc4cccnc4c3n2)cc(C2(c3ccc(-c4ccc5ccc6cccnc6c5n4)cc3)c3ccccc3-c3ccccc32)c1. The Hall–Kier alpha value is -7.04. The average Bonchev–Trinajstić information content (AvgIpc) is 3.54. The van der Waals surface area contributed by atoms with Crippen LogP contribution in [0.4, 0.5) is 0 Å². The standard InChI is InChI=1S/C49H30N4/c1-3-14-41-39(12-1)40-13-2-4-15-42(40)49(41,37-24-20-31(21-25-37)43-26-22-34-18-16-32-9-6-28-50-45(32)47(34)52-43)38-11-5-8-36(30-38)44-27-23-35-19-17-33-10-7-29-51-46(33)48(35)53-44/h1-30H. The molecule has 0 N–H and O–H groups in total. The molecule has 11 rings (SSSR count). The highest BCUT2D eigenvalue weighted by Gasteiger charge is 2.46. The highest BCUT2D eigenvalue weighted by molar-refractivity contribution is 6.04. The Morgan fingerprint density at radius 2 is 0.849 bits per heavy atom. The van der Waals surface area contributed by atoms with Crippen LogP contribution in [-0.4, -0.2) is 19.9 Å². The first-order valence-corrected chi connectivity index (χ1v) is 18.0. The van der Waals surface area contributed by atoms with Crippen LogP contribution in [0.1, 0.15) is 22.3 Å². The number of hydrogen-bond donors (Lipinski definition) is 0. The lowest BCUT2D eigenvalue weighted by molar-refractivity contribution is 0.769. The van der Waals surface area contributed by atoms with Gasteiger partial charge < -0.3 is 0 Å². The van der Waals surface area contributed by atoms with Crippen molar-refractivity contribution in [3.05, 3.63) is 205 Å². The molecule has 0 amide bonds. The topological polar surface area (TPSA) is 51.6 Å².